The molecule has 0 bridgehead atoms. The highest BCUT2D eigenvalue weighted by molar-refractivity contribution is 8.00. The van der Waals surface area contributed by atoms with Crippen LogP contribution in [0.5, 0.6) is 0 Å². The van der Waals surface area contributed by atoms with Gasteiger partial charge in [0.15, 0.2) is 5.16 Å². The topological polar surface area (TPSA) is 59.8 Å². The van der Waals surface area contributed by atoms with Crippen molar-refractivity contribution in [3.8, 4) is 5.69 Å². The summed E-state index contributed by atoms with van der Waals surface area (Å²) in [6.07, 6.45) is 0. The van der Waals surface area contributed by atoms with E-state index in [0.717, 1.165) is 16.7 Å². The van der Waals surface area contributed by atoms with Gasteiger partial charge in [-0.1, -0.05) is 23.9 Å². The second-order valence-corrected chi connectivity index (χ2v) is 5.89. The number of amides is 1. The van der Waals surface area contributed by atoms with E-state index >= 15 is 0 Å². The number of rotatable bonds is 4. The van der Waals surface area contributed by atoms with Crippen molar-refractivity contribution in [3.63, 3.8) is 0 Å². The predicted octanol–water partition coefficient (Wildman–Crippen LogP) is 2.11. The SMILES string of the molecule is CNC(=O)[C@H](C)Sc1nnc(C)n1-c1cccc(C)c1. The van der Waals surface area contributed by atoms with E-state index in [1.54, 1.807) is 7.05 Å². The molecule has 0 saturated carbocycles. The quantitative estimate of drug-likeness (QED) is 0.876. The Labute approximate surface area is 122 Å². The number of hydrogen-bond acceptors (Lipinski definition) is 4. The summed E-state index contributed by atoms with van der Waals surface area (Å²) in [5.74, 6) is 0.786. The molecule has 0 aliphatic heterocycles. The van der Waals surface area contributed by atoms with Crippen LogP contribution < -0.4 is 5.32 Å². The molecule has 5 nitrogen and oxygen atoms in total. The van der Waals surface area contributed by atoms with Gasteiger partial charge in [0.1, 0.15) is 5.82 Å². The lowest BCUT2D eigenvalue weighted by atomic mass is 10.2. The van der Waals surface area contributed by atoms with Gasteiger partial charge in [-0.25, -0.2) is 0 Å². The number of hydrogen-bond donors (Lipinski definition) is 1. The first-order valence-electron chi connectivity index (χ1n) is 6.40. The molecule has 2 rings (SSSR count). The van der Waals surface area contributed by atoms with Crippen LogP contribution in [0.25, 0.3) is 5.69 Å². The van der Waals surface area contributed by atoms with Crippen molar-refractivity contribution < 1.29 is 4.79 Å². The van der Waals surface area contributed by atoms with E-state index in [4.69, 9.17) is 0 Å². The van der Waals surface area contributed by atoms with Crippen molar-refractivity contribution in [2.45, 2.75) is 31.2 Å². The van der Waals surface area contributed by atoms with E-state index in [2.05, 4.69) is 21.6 Å². The molecule has 0 aliphatic carbocycles. The molecule has 0 unspecified atom stereocenters. The Kier molecular flexibility index (Phi) is 4.44. The molecule has 1 amide bonds. The Morgan fingerprint density at radius 1 is 1.35 bits per heavy atom. The number of thioether (sulfide) groups is 1. The zero-order valence-electron chi connectivity index (χ0n) is 12.0. The van der Waals surface area contributed by atoms with Crippen LogP contribution in [-0.4, -0.2) is 33.0 Å². The monoisotopic (exact) mass is 290 g/mol. The van der Waals surface area contributed by atoms with Crippen LogP contribution in [0.3, 0.4) is 0 Å². The molecule has 1 aromatic carbocycles. The molecule has 2 aromatic rings. The summed E-state index contributed by atoms with van der Waals surface area (Å²) in [5, 5.41) is 11.4. The number of carbonyl (C=O) groups excluding carboxylic acids is 1. The third-order valence-corrected chi connectivity index (χ3v) is 4.00. The third-order valence-electron chi connectivity index (χ3n) is 2.95. The number of nitrogens with one attached hydrogen (secondary N) is 1. The molecule has 1 atom stereocenters. The molecule has 106 valence electrons. The number of aryl methyl sites for hydroxylation is 2. The molecule has 0 spiro atoms. The highest BCUT2D eigenvalue weighted by Gasteiger charge is 2.18. The van der Waals surface area contributed by atoms with Gasteiger partial charge in [0, 0.05) is 12.7 Å². The Hall–Kier alpha value is -1.82. The summed E-state index contributed by atoms with van der Waals surface area (Å²) in [6, 6.07) is 8.13. The second-order valence-electron chi connectivity index (χ2n) is 4.58. The van der Waals surface area contributed by atoms with Crippen LogP contribution in [0.4, 0.5) is 0 Å². The lowest BCUT2D eigenvalue weighted by Gasteiger charge is -2.12. The zero-order chi connectivity index (χ0) is 14.7. The summed E-state index contributed by atoms with van der Waals surface area (Å²) in [5.41, 5.74) is 2.19. The van der Waals surface area contributed by atoms with Gasteiger partial charge in [-0.3, -0.25) is 9.36 Å². The maximum Gasteiger partial charge on any atom is 0.233 e. The lowest BCUT2D eigenvalue weighted by molar-refractivity contribution is -0.119. The first kappa shape index (κ1) is 14.6. The first-order chi connectivity index (χ1) is 9.52. The molecular weight excluding hydrogens is 272 g/mol. The van der Waals surface area contributed by atoms with Gasteiger partial charge in [-0.15, -0.1) is 10.2 Å². The Bertz CT molecular complexity index is 623. The van der Waals surface area contributed by atoms with E-state index in [-0.39, 0.29) is 11.2 Å². The molecule has 0 fully saturated rings. The smallest absolute Gasteiger partial charge is 0.233 e. The third kappa shape index (κ3) is 3.01. The Morgan fingerprint density at radius 3 is 2.75 bits per heavy atom. The number of carbonyl (C=O) groups is 1. The van der Waals surface area contributed by atoms with Crippen molar-refractivity contribution >= 4 is 17.7 Å². The molecule has 0 radical (unpaired) electrons. The van der Waals surface area contributed by atoms with Crippen LogP contribution in [0, 0.1) is 13.8 Å². The van der Waals surface area contributed by atoms with E-state index in [1.807, 2.05) is 43.5 Å². The van der Waals surface area contributed by atoms with Gasteiger partial charge in [-0.2, -0.15) is 0 Å². The van der Waals surface area contributed by atoms with Gasteiger partial charge in [0.25, 0.3) is 0 Å². The summed E-state index contributed by atoms with van der Waals surface area (Å²) < 4.78 is 1.97. The molecule has 1 N–H and O–H groups in total. The standard InChI is InChI=1S/C14H18N4OS/c1-9-6-5-7-12(8-9)18-11(3)16-17-14(18)20-10(2)13(19)15-4/h5-8,10H,1-4H3,(H,15,19)/t10-/m0/s1. The van der Waals surface area contributed by atoms with Crippen molar-refractivity contribution in [1.29, 1.82) is 0 Å². The van der Waals surface area contributed by atoms with E-state index in [0.29, 0.717) is 0 Å². The largest absolute Gasteiger partial charge is 0.358 e. The van der Waals surface area contributed by atoms with Gasteiger partial charge in [0.05, 0.1) is 5.25 Å². The highest BCUT2D eigenvalue weighted by Crippen LogP contribution is 2.25. The number of aromatic nitrogens is 3. The first-order valence-corrected chi connectivity index (χ1v) is 7.28. The van der Waals surface area contributed by atoms with Crippen molar-refractivity contribution in [2.75, 3.05) is 7.05 Å². The fraction of sp³-hybridized carbons (Fsp3) is 0.357. The van der Waals surface area contributed by atoms with Crippen LogP contribution >= 0.6 is 11.8 Å². The fourth-order valence-electron chi connectivity index (χ4n) is 1.90. The zero-order valence-corrected chi connectivity index (χ0v) is 12.9. The minimum Gasteiger partial charge on any atom is -0.358 e. The van der Waals surface area contributed by atoms with Gasteiger partial charge < -0.3 is 5.32 Å². The van der Waals surface area contributed by atoms with Crippen LogP contribution in [-0.2, 0) is 4.79 Å². The van der Waals surface area contributed by atoms with Crippen molar-refractivity contribution in [1.82, 2.24) is 20.1 Å². The maximum atomic E-state index is 11.6. The number of nitrogens with zero attached hydrogens (tertiary/aromatic N) is 3. The van der Waals surface area contributed by atoms with Gasteiger partial charge >= 0.3 is 0 Å². The Balaban J connectivity index is 2.35. The molecule has 0 aliphatic rings. The summed E-state index contributed by atoms with van der Waals surface area (Å²) in [6.45, 7) is 5.81. The number of benzene rings is 1. The second kappa shape index (κ2) is 6.09. The molecule has 1 aromatic heterocycles. The molecule has 1 heterocycles. The van der Waals surface area contributed by atoms with Gasteiger partial charge in [-0.05, 0) is 38.5 Å². The molecule has 0 saturated heterocycles. The van der Waals surface area contributed by atoms with E-state index < -0.39 is 0 Å². The maximum absolute atomic E-state index is 11.6. The molecular formula is C14H18N4OS. The van der Waals surface area contributed by atoms with E-state index in [1.165, 1.54) is 17.3 Å². The van der Waals surface area contributed by atoms with Gasteiger partial charge in [0.2, 0.25) is 5.91 Å². The predicted molar refractivity (Wildman–Crippen MR) is 80.2 cm³/mol. The van der Waals surface area contributed by atoms with Crippen molar-refractivity contribution in [3.05, 3.63) is 35.7 Å². The van der Waals surface area contributed by atoms with Crippen LogP contribution in [0.2, 0.25) is 0 Å². The molecule has 20 heavy (non-hydrogen) atoms. The average molecular weight is 290 g/mol. The fourth-order valence-corrected chi connectivity index (χ4v) is 2.87. The van der Waals surface area contributed by atoms with Crippen LogP contribution in [0.1, 0.15) is 18.3 Å². The van der Waals surface area contributed by atoms with E-state index in [9.17, 15) is 4.79 Å². The van der Waals surface area contributed by atoms with Crippen molar-refractivity contribution in [2.24, 2.45) is 0 Å². The highest BCUT2D eigenvalue weighted by atomic mass is 32.2. The minimum absolute atomic E-state index is 0.0218. The normalized spacial score (nSPS) is 12.2. The minimum atomic E-state index is -0.216. The average Bonchev–Trinajstić information content (AvgIpc) is 2.78. The Morgan fingerprint density at radius 2 is 2.10 bits per heavy atom. The summed E-state index contributed by atoms with van der Waals surface area (Å²) in [7, 11) is 1.63. The van der Waals surface area contributed by atoms with Crippen LogP contribution in [0.15, 0.2) is 29.4 Å². The summed E-state index contributed by atoms with van der Waals surface area (Å²) in [4.78, 5) is 11.6. The molecule has 6 heteroatoms. The summed E-state index contributed by atoms with van der Waals surface area (Å²) >= 11 is 1.40. The lowest BCUT2D eigenvalue weighted by Crippen LogP contribution is -2.27.